The third-order valence-corrected chi connectivity index (χ3v) is 2.78. The Morgan fingerprint density at radius 2 is 1.77 bits per heavy atom. The summed E-state index contributed by atoms with van der Waals surface area (Å²) in [7, 11) is 1.92. The van der Waals surface area contributed by atoms with Crippen LogP contribution >= 0.6 is 0 Å². The fourth-order valence-electron chi connectivity index (χ4n) is 1.40. The maximum atomic E-state index is 9.13. The Labute approximate surface area is 82.7 Å². The second kappa shape index (κ2) is 7.34. The molecule has 0 spiro atoms. The van der Waals surface area contributed by atoms with E-state index in [9.17, 15) is 0 Å². The standard InChI is InChI=1S/C11H25NO/c1-4-5-6-7-8-9-11(2,10-13)12-3/h12-13H,4-10H2,1-3H3. The van der Waals surface area contributed by atoms with E-state index >= 15 is 0 Å². The highest BCUT2D eigenvalue weighted by molar-refractivity contribution is 4.79. The summed E-state index contributed by atoms with van der Waals surface area (Å²) in [5.74, 6) is 0. The SMILES string of the molecule is CCCCCCCC(C)(CO)NC. The van der Waals surface area contributed by atoms with E-state index in [-0.39, 0.29) is 12.1 Å². The zero-order chi connectivity index (χ0) is 10.2. The number of aliphatic hydroxyl groups excluding tert-OH is 1. The van der Waals surface area contributed by atoms with Crippen LogP contribution in [0.15, 0.2) is 0 Å². The van der Waals surface area contributed by atoms with Crippen molar-refractivity contribution >= 4 is 0 Å². The smallest absolute Gasteiger partial charge is 0.0610 e. The molecular weight excluding hydrogens is 162 g/mol. The molecule has 0 heterocycles. The predicted octanol–water partition coefficient (Wildman–Crippen LogP) is 2.32. The molecule has 1 atom stereocenters. The minimum atomic E-state index is -0.0633. The van der Waals surface area contributed by atoms with Gasteiger partial charge in [0.05, 0.1) is 6.61 Å². The van der Waals surface area contributed by atoms with Crippen LogP contribution in [0.2, 0.25) is 0 Å². The number of likely N-dealkylation sites (N-methyl/N-ethyl adjacent to an activating group) is 1. The molecule has 0 aromatic carbocycles. The Morgan fingerprint density at radius 1 is 1.15 bits per heavy atom. The van der Waals surface area contributed by atoms with Crippen LogP contribution in [-0.2, 0) is 0 Å². The van der Waals surface area contributed by atoms with E-state index in [4.69, 9.17) is 5.11 Å². The summed E-state index contributed by atoms with van der Waals surface area (Å²) in [5, 5.41) is 12.3. The van der Waals surface area contributed by atoms with E-state index in [2.05, 4.69) is 19.2 Å². The molecule has 0 aromatic rings. The van der Waals surface area contributed by atoms with Crippen molar-refractivity contribution in [1.82, 2.24) is 5.32 Å². The van der Waals surface area contributed by atoms with Gasteiger partial charge in [0.25, 0.3) is 0 Å². The largest absolute Gasteiger partial charge is 0.394 e. The first-order valence-corrected chi connectivity index (χ1v) is 5.48. The topological polar surface area (TPSA) is 32.3 Å². The van der Waals surface area contributed by atoms with Crippen molar-refractivity contribution in [2.45, 2.75) is 57.9 Å². The lowest BCUT2D eigenvalue weighted by Crippen LogP contribution is -2.43. The maximum Gasteiger partial charge on any atom is 0.0610 e. The third-order valence-electron chi connectivity index (χ3n) is 2.78. The van der Waals surface area contributed by atoms with Gasteiger partial charge in [-0.05, 0) is 20.4 Å². The minimum Gasteiger partial charge on any atom is -0.394 e. The minimum absolute atomic E-state index is 0.0633. The second-order valence-electron chi connectivity index (χ2n) is 4.13. The molecular formula is C11H25NO. The summed E-state index contributed by atoms with van der Waals surface area (Å²) in [4.78, 5) is 0. The van der Waals surface area contributed by atoms with Gasteiger partial charge in [0.2, 0.25) is 0 Å². The van der Waals surface area contributed by atoms with Crippen molar-refractivity contribution in [2.24, 2.45) is 0 Å². The lowest BCUT2D eigenvalue weighted by molar-refractivity contribution is 0.170. The highest BCUT2D eigenvalue weighted by Crippen LogP contribution is 2.14. The van der Waals surface area contributed by atoms with Crippen LogP contribution in [0.3, 0.4) is 0 Å². The van der Waals surface area contributed by atoms with Gasteiger partial charge in [-0.3, -0.25) is 0 Å². The maximum absolute atomic E-state index is 9.13. The number of hydrogen-bond acceptors (Lipinski definition) is 2. The fraction of sp³-hybridized carbons (Fsp3) is 1.00. The highest BCUT2D eigenvalue weighted by atomic mass is 16.3. The average Bonchev–Trinajstić information content (AvgIpc) is 2.17. The van der Waals surface area contributed by atoms with E-state index in [0.29, 0.717) is 0 Å². The van der Waals surface area contributed by atoms with Crippen molar-refractivity contribution in [3.8, 4) is 0 Å². The summed E-state index contributed by atoms with van der Waals surface area (Å²) in [6, 6.07) is 0. The summed E-state index contributed by atoms with van der Waals surface area (Å²) in [5.41, 5.74) is -0.0633. The van der Waals surface area contributed by atoms with Crippen LogP contribution in [-0.4, -0.2) is 24.3 Å². The number of nitrogens with one attached hydrogen (secondary N) is 1. The van der Waals surface area contributed by atoms with Gasteiger partial charge >= 0.3 is 0 Å². The summed E-state index contributed by atoms with van der Waals surface area (Å²) >= 11 is 0. The van der Waals surface area contributed by atoms with Crippen molar-refractivity contribution in [3.63, 3.8) is 0 Å². The molecule has 0 fully saturated rings. The normalized spacial score (nSPS) is 15.7. The van der Waals surface area contributed by atoms with Crippen LogP contribution < -0.4 is 5.32 Å². The fourth-order valence-corrected chi connectivity index (χ4v) is 1.40. The lowest BCUT2D eigenvalue weighted by Gasteiger charge is -2.26. The first-order chi connectivity index (χ1) is 6.18. The predicted molar refractivity (Wildman–Crippen MR) is 57.9 cm³/mol. The van der Waals surface area contributed by atoms with E-state index in [0.717, 1.165) is 6.42 Å². The molecule has 2 nitrogen and oxygen atoms in total. The van der Waals surface area contributed by atoms with Gasteiger partial charge < -0.3 is 10.4 Å². The summed E-state index contributed by atoms with van der Waals surface area (Å²) in [6.45, 7) is 4.54. The van der Waals surface area contributed by atoms with Crippen LogP contribution in [0, 0.1) is 0 Å². The second-order valence-corrected chi connectivity index (χ2v) is 4.13. The van der Waals surface area contributed by atoms with E-state index < -0.39 is 0 Å². The van der Waals surface area contributed by atoms with Gasteiger partial charge in [0.15, 0.2) is 0 Å². The molecule has 0 radical (unpaired) electrons. The van der Waals surface area contributed by atoms with Crippen molar-refractivity contribution in [1.29, 1.82) is 0 Å². The average molecular weight is 187 g/mol. The molecule has 0 aliphatic carbocycles. The monoisotopic (exact) mass is 187 g/mol. The van der Waals surface area contributed by atoms with Crippen molar-refractivity contribution < 1.29 is 5.11 Å². The van der Waals surface area contributed by atoms with E-state index in [1.807, 2.05) is 7.05 Å². The Bertz CT molecular complexity index is 111. The highest BCUT2D eigenvalue weighted by Gasteiger charge is 2.19. The molecule has 0 bridgehead atoms. The number of unbranched alkanes of at least 4 members (excludes halogenated alkanes) is 4. The van der Waals surface area contributed by atoms with Gasteiger partial charge in [-0.25, -0.2) is 0 Å². The van der Waals surface area contributed by atoms with Crippen LogP contribution in [0.5, 0.6) is 0 Å². The van der Waals surface area contributed by atoms with Gasteiger partial charge in [0, 0.05) is 5.54 Å². The zero-order valence-corrected chi connectivity index (χ0v) is 9.40. The molecule has 0 saturated carbocycles. The summed E-state index contributed by atoms with van der Waals surface area (Å²) in [6.07, 6.45) is 7.56. The molecule has 0 aromatic heterocycles. The van der Waals surface area contributed by atoms with Gasteiger partial charge in [0.1, 0.15) is 0 Å². The molecule has 0 rings (SSSR count). The Balaban J connectivity index is 3.39. The zero-order valence-electron chi connectivity index (χ0n) is 9.40. The van der Waals surface area contributed by atoms with E-state index in [1.165, 1.54) is 32.1 Å². The van der Waals surface area contributed by atoms with Gasteiger partial charge in [-0.1, -0.05) is 39.0 Å². The molecule has 2 heteroatoms. The molecule has 0 saturated heterocycles. The number of hydrogen-bond donors (Lipinski definition) is 2. The molecule has 1 unspecified atom stereocenters. The lowest BCUT2D eigenvalue weighted by atomic mass is 9.95. The molecule has 13 heavy (non-hydrogen) atoms. The van der Waals surface area contributed by atoms with Gasteiger partial charge in [-0.2, -0.15) is 0 Å². The first kappa shape index (κ1) is 12.9. The Hall–Kier alpha value is -0.0800. The molecule has 0 amide bonds. The molecule has 2 N–H and O–H groups in total. The van der Waals surface area contributed by atoms with Crippen LogP contribution in [0.1, 0.15) is 52.4 Å². The van der Waals surface area contributed by atoms with Crippen molar-refractivity contribution in [2.75, 3.05) is 13.7 Å². The number of aliphatic hydroxyl groups is 1. The molecule has 0 aliphatic rings. The Kier molecular flexibility index (Phi) is 7.29. The molecule has 80 valence electrons. The van der Waals surface area contributed by atoms with Crippen LogP contribution in [0.4, 0.5) is 0 Å². The summed E-state index contributed by atoms with van der Waals surface area (Å²) < 4.78 is 0. The van der Waals surface area contributed by atoms with Crippen molar-refractivity contribution in [3.05, 3.63) is 0 Å². The van der Waals surface area contributed by atoms with Crippen LogP contribution in [0.25, 0.3) is 0 Å². The van der Waals surface area contributed by atoms with E-state index in [1.54, 1.807) is 0 Å². The third kappa shape index (κ3) is 6.05. The molecule has 0 aliphatic heterocycles. The Morgan fingerprint density at radius 3 is 2.23 bits per heavy atom. The quantitative estimate of drug-likeness (QED) is 0.572. The van der Waals surface area contributed by atoms with Gasteiger partial charge in [-0.15, -0.1) is 0 Å². The number of rotatable bonds is 8. The first-order valence-electron chi connectivity index (χ1n) is 5.48.